The summed E-state index contributed by atoms with van der Waals surface area (Å²) in [4.78, 5) is 21.8. The number of hydrogen-bond donors (Lipinski definition) is 2. The summed E-state index contributed by atoms with van der Waals surface area (Å²) in [6.07, 6.45) is 3.26. The van der Waals surface area contributed by atoms with Crippen molar-refractivity contribution in [1.82, 2.24) is 24.9 Å². The molecule has 9 heteroatoms. The van der Waals surface area contributed by atoms with Crippen LogP contribution in [0.15, 0.2) is 36.7 Å². The second kappa shape index (κ2) is 8.40. The highest BCUT2D eigenvalue weighted by atomic mass is 19.1. The normalized spacial score (nSPS) is 12.5. The predicted octanol–water partition coefficient (Wildman–Crippen LogP) is 3.67. The maximum absolute atomic E-state index is 13.7. The molecule has 0 aliphatic heterocycles. The van der Waals surface area contributed by atoms with E-state index in [-0.39, 0.29) is 17.4 Å². The quantitative estimate of drug-likeness (QED) is 0.455. The van der Waals surface area contributed by atoms with E-state index >= 15 is 0 Å². The third kappa shape index (κ3) is 3.53. The Bertz CT molecular complexity index is 1430. The van der Waals surface area contributed by atoms with Crippen molar-refractivity contribution in [1.29, 1.82) is 0 Å². The summed E-state index contributed by atoms with van der Waals surface area (Å²) in [5, 5.41) is 7.26. The van der Waals surface area contributed by atoms with Crippen LogP contribution in [0, 0.1) is 5.82 Å². The molecular weight excluding hydrogens is 435 g/mol. The maximum atomic E-state index is 13.7. The molecule has 8 nitrogen and oxygen atoms in total. The first-order chi connectivity index (χ1) is 16.4. The van der Waals surface area contributed by atoms with Crippen LogP contribution in [0.1, 0.15) is 52.6 Å². The van der Waals surface area contributed by atoms with Gasteiger partial charge >= 0.3 is 0 Å². The molecule has 0 bridgehead atoms. The minimum absolute atomic E-state index is 0.163. The number of halogens is 1. The second-order valence-corrected chi connectivity index (χ2v) is 8.64. The lowest BCUT2D eigenvalue weighted by Crippen LogP contribution is -2.25. The molecule has 4 aromatic rings. The number of hydrogen-bond acceptors (Lipinski definition) is 6. The predicted molar refractivity (Wildman–Crippen MR) is 126 cm³/mol. The first-order valence-corrected chi connectivity index (χ1v) is 11.1. The van der Waals surface area contributed by atoms with Crippen LogP contribution >= 0.6 is 0 Å². The van der Waals surface area contributed by atoms with Crippen LogP contribution in [-0.2, 0) is 19.4 Å². The lowest BCUT2D eigenvalue weighted by atomic mass is 9.80. The number of benzene rings is 2. The van der Waals surface area contributed by atoms with E-state index in [1.807, 2.05) is 12.1 Å². The van der Waals surface area contributed by atoms with Crippen LogP contribution in [0.4, 0.5) is 10.2 Å². The van der Waals surface area contributed by atoms with Gasteiger partial charge in [-0.15, -0.1) is 0 Å². The Kier molecular flexibility index (Phi) is 5.39. The van der Waals surface area contributed by atoms with E-state index < -0.39 is 5.82 Å². The number of rotatable bonds is 6. The zero-order valence-electron chi connectivity index (χ0n) is 19.2. The van der Waals surface area contributed by atoms with Gasteiger partial charge in [0.25, 0.3) is 5.91 Å². The minimum atomic E-state index is -0.490. The zero-order valence-corrected chi connectivity index (χ0v) is 19.2. The number of methoxy groups -OCH3 is 1. The highest BCUT2D eigenvalue weighted by Gasteiger charge is 2.27. The summed E-state index contributed by atoms with van der Waals surface area (Å²) in [5.74, 6) is 0.826. The van der Waals surface area contributed by atoms with Crippen molar-refractivity contribution in [3.05, 3.63) is 70.6 Å². The Morgan fingerprint density at radius 1 is 1.24 bits per heavy atom. The summed E-state index contributed by atoms with van der Waals surface area (Å²) >= 11 is 0. The van der Waals surface area contributed by atoms with Crippen molar-refractivity contribution in [3.8, 4) is 17.0 Å². The Labute approximate surface area is 196 Å². The molecule has 0 radical (unpaired) electrons. The number of ether oxygens (including phenoxy) is 1. The first kappa shape index (κ1) is 21.8. The minimum Gasteiger partial charge on any atom is -0.496 e. The van der Waals surface area contributed by atoms with Crippen molar-refractivity contribution in [2.24, 2.45) is 0 Å². The summed E-state index contributed by atoms with van der Waals surface area (Å²) in [6, 6.07) is 7.90. The molecule has 0 saturated carbocycles. The van der Waals surface area contributed by atoms with Gasteiger partial charge in [0.15, 0.2) is 5.82 Å². The average Bonchev–Trinajstić information content (AvgIpc) is 3.19. The molecule has 2 aromatic heterocycles. The number of carbonyl (C=O) groups is 1. The van der Waals surface area contributed by atoms with Crippen molar-refractivity contribution >= 4 is 17.2 Å². The van der Waals surface area contributed by atoms with Crippen molar-refractivity contribution < 1.29 is 13.9 Å². The number of aromatic nitrogens is 4. The van der Waals surface area contributed by atoms with Gasteiger partial charge in [-0.25, -0.2) is 18.9 Å². The van der Waals surface area contributed by atoms with Crippen molar-refractivity contribution in [2.45, 2.75) is 39.2 Å². The van der Waals surface area contributed by atoms with Crippen LogP contribution in [0.25, 0.3) is 16.8 Å². The van der Waals surface area contributed by atoms with Crippen LogP contribution in [0.2, 0.25) is 0 Å². The summed E-state index contributed by atoms with van der Waals surface area (Å²) in [5.41, 5.74) is 12.3. The molecule has 2 aromatic carbocycles. The largest absolute Gasteiger partial charge is 0.496 e. The smallest absolute Gasteiger partial charge is 0.255 e. The second-order valence-electron chi connectivity index (χ2n) is 8.64. The molecule has 1 aliphatic carbocycles. The molecule has 34 heavy (non-hydrogen) atoms. The van der Waals surface area contributed by atoms with Gasteiger partial charge in [-0.2, -0.15) is 5.10 Å². The SMILES string of the molecule is COc1ccc(F)cc1C(=O)NCc1ccc(-c2nc(C(C)C)n3ncnc(N)c23)c2c1CC2. The monoisotopic (exact) mass is 460 g/mol. The molecule has 0 saturated heterocycles. The molecule has 0 unspecified atom stereocenters. The fourth-order valence-electron chi connectivity index (χ4n) is 4.47. The van der Waals surface area contributed by atoms with E-state index in [4.69, 9.17) is 15.5 Å². The van der Waals surface area contributed by atoms with Gasteiger partial charge < -0.3 is 15.8 Å². The fraction of sp³-hybridized carbons (Fsp3) is 0.280. The van der Waals surface area contributed by atoms with Gasteiger partial charge in [0.2, 0.25) is 0 Å². The van der Waals surface area contributed by atoms with E-state index in [0.717, 1.165) is 35.5 Å². The fourth-order valence-corrected chi connectivity index (χ4v) is 4.47. The van der Waals surface area contributed by atoms with Crippen LogP contribution < -0.4 is 15.8 Å². The number of fused-ring (bicyclic) bond motifs is 2. The number of nitrogen functional groups attached to an aromatic ring is 1. The zero-order chi connectivity index (χ0) is 24.0. The maximum Gasteiger partial charge on any atom is 0.255 e. The first-order valence-electron chi connectivity index (χ1n) is 11.1. The van der Waals surface area contributed by atoms with Gasteiger partial charge in [-0.3, -0.25) is 4.79 Å². The molecule has 3 N–H and O–H groups in total. The number of carbonyl (C=O) groups excluding carboxylic acids is 1. The standard InChI is InChI=1S/C25H25FN6O2/c1-13(2)24-31-21(22-23(27)29-12-30-32(22)24)18-6-4-14(16-7-8-17(16)18)11-28-25(33)19-10-15(26)5-9-20(19)34-3/h4-6,9-10,12-13H,7-8,11H2,1-3H3,(H,28,33)(H2,27,29,30). The van der Waals surface area contributed by atoms with Gasteiger partial charge in [0.1, 0.15) is 34.9 Å². The van der Waals surface area contributed by atoms with E-state index in [1.54, 1.807) is 4.52 Å². The average molecular weight is 461 g/mol. The molecule has 2 heterocycles. The van der Waals surface area contributed by atoms with Gasteiger partial charge in [0, 0.05) is 18.0 Å². The number of nitrogens with one attached hydrogen (secondary N) is 1. The van der Waals surface area contributed by atoms with Crippen LogP contribution in [-0.4, -0.2) is 32.6 Å². The van der Waals surface area contributed by atoms with E-state index in [1.165, 1.54) is 42.8 Å². The number of nitrogens with two attached hydrogens (primary N) is 1. The van der Waals surface area contributed by atoms with Crippen LogP contribution in [0.3, 0.4) is 0 Å². The molecule has 1 amide bonds. The van der Waals surface area contributed by atoms with Crippen molar-refractivity contribution in [3.63, 3.8) is 0 Å². The van der Waals surface area contributed by atoms with Crippen molar-refractivity contribution in [2.75, 3.05) is 12.8 Å². The van der Waals surface area contributed by atoms with E-state index in [0.29, 0.717) is 23.6 Å². The third-order valence-corrected chi connectivity index (χ3v) is 6.26. The van der Waals surface area contributed by atoms with Gasteiger partial charge in [-0.05, 0) is 47.7 Å². The number of anilines is 1. The molecule has 0 spiro atoms. The summed E-state index contributed by atoms with van der Waals surface area (Å²) in [7, 11) is 1.45. The molecular formula is C25H25FN6O2. The molecule has 1 aliphatic rings. The lowest BCUT2D eigenvalue weighted by molar-refractivity contribution is 0.0947. The van der Waals surface area contributed by atoms with E-state index in [2.05, 4.69) is 29.2 Å². The Balaban J connectivity index is 1.47. The topological polar surface area (TPSA) is 107 Å². The molecule has 0 fully saturated rings. The van der Waals surface area contributed by atoms with E-state index in [9.17, 15) is 9.18 Å². The highest BCUT2D eigenvalue weighted by molar-refractivity contribution is 5.97. The van der Waals surface area contributed by atoms with Crippen LogP contribution in [0.5, 0.6) is 5.75 Å². The molecule has 174 valence electrons. The number of amides is 1. The molecule has 5 rings (SSSR count). The third-order valence-electron chi connectivity index (χ3n) is 6.26. The Morgan fingerprint density at radius 2 is 2.03 bits per heavy atom. The molecule has 0 atom stereocenters. The highest BCUT2D eigenvalue weighted by Crippen LogP contribution is 2.39. The summed E-state index contributed by atoms with van der Waals surface area (Å²) < 4.78 is 20.6. The van der Waals surface area contributed by atoms with Gasteiger partial charge in [0.05, 0.1) is 12.7 Å². The van der Waals surface area contributed by atoms with Gasteiger partial charge in [-0.1, -0.05) is 26.0 Å². The Hall–Kier alpha value is -4.01. The number of imidazole rings is 1. The number of nitrogens with zero attached hydrogens (tertiary/aromatic N) is 4. The Morgan fingerprint density at radius 3 is 2.74 bits per heavy atom. The summed E-state index contributed by atoms with van der Waals surface area (Å²) in [6.45, 7) is 4.45. The lowest BCUT2D eigenvalue weighted by Gasteiger charge is -2.26.